The van der Waals surface area contributed by atoms with E-state index in [0.717, 1.165) is 40.4 Å². The zero-order valence-electron chi connectivity index (χ0n) is 30.4. The minimum absolute atomic E-state index is 0.0480. The van der Waals surface area contributed by atoms with Gasteiger partial charge in [0.2, 0.25) is 0 Å². The third-order valence-electron chi connectivity index (χ3n) is 10.7. The number of aliphatic imine (C=N–C) groups is 2. The summed E-state index contributed by atoms with van der Waals surface area (Å²) in [6.45, 7) is 12.3. The molecule has 1 saturated heterocycles. The number of hydrogen-bond acceptors (Lipinski definition) is 10. The molecule has 5 rings (SSSR count). The van der Waals surface area contributed by atoms with Gasteiger partial charge in [0.25, 0.3) is 5.91 Å². The maximum atomic E-state index is 13.9. The van der Waals surface area contributed by atoms with E-state index in [4.69, 9.17) is 25.2 Å². The van der Waals surface area contributed by atoms with Gasteiger partial charge in [-0.3, -0.25) is 29.2 Å². The first-order valence-corrected chi connectivity index (χ1v) is 17.5. The molecule has 8 bridgehead atoms. The smallest absolute Gasteiger partial charge is 0.310 e. The number of H-pyrrole nitrogens is 1. The SMILES string of the molecule is CC[C@H]1C2=N/C(=C\c3[nH]c(c(C)c3C(C)=O)/C=C3\N/C(=C(/CC(=O)OC)C4=NC(C2)C(C)=C4C(=O)NCCN)[C@@H](CCC(=O)OC)[C@@H]3C)[C@@H]1C. The summed E-state index contributed by atoms with van der Waals surface area (Å²) in [6.07, 6.45) is 5.74. The van der Waals surface area contributed by atoms with Gasteiger partial charge in [0, 0.05) is 89.2 Å². The summed E-state index contributed by atoms with van der Waals surface area (Å²) in [6, 6.07) is -0.404. The minimum Gasteiger partial charge on any atom is -0.469 e. The molecule has 4 aliphatic heterocycles. The topological polar surface area (TPSA) is 177 Å². The van der Waals surface area contributed by atoms with Gasteiger partial charge in [0.05, 0.1) is 43.7 Å². The fourth-order valence-electron chi connectivity index (χ4n) is 7.89. The first kappa shape index (κ1) is 36.7. The highest BCUT2D eigenvalue weighted by molar-refractivity contribution is 6.30. The van der Waals surface area contributed by atoms with Crippen molar-refractivity contribution in [1.82, 2.24) is 15.6 Å². The third-order valence-corrected chi connectivity index (χ3v) is 10.7. The summed E-state index contributed by atoms with van der Waals surface area (Å²) in [4.78, 5) is 66.4. The van der Waals surface area contributed by atoms with Crippen LogP contribution in [0.25, 0.3) is 12.2 Å². The Kier molecular flexibility index (Phi) is 11.1. The molecule has 4 aliphatic rings. The largest absolute Gasteiger partial charge is 0.469 e. The molecular formula is C38H50N6O6. The maximum absolute atomic E-state index is 13.9. The van der Waals surface area contributed by atoms with Gasteiger partial charge in [0.1, 0.15) is 0 Å². The minimum atomic E-state index is -0.489. The van der Waals surface area contributed by atoms with E-state index >= 15 is 0 Å². The number of nitrogens with two attached hydrogens (primary N) is 1. The van der Waals surface area contributed by atoms with E-state index in [0.29, 0.717) is 46.7 Å². The number of nitrogens with zero attached hydrogens (tertiary/aromatic N) is 2. The van der Waals surface area contributed by atoms with E-state index in [9.17, 15) is 19.2 Å². The molecule has 1 fully saturated rings. The summed E-state index contributed by atoms with van der Waals surface area (Å²) in [5, 5.41) is 6.53. The third kappa shape index (κ3) is 6.90. The number of fused-ring (bicyclic) bond motifs is 6. The van der Waals surface area contributed by atoms with E-state index in [2.05, 4.69) is 36.4 Å². The molecule has 1 aromatic heterocycles. The van der Waals surface area contributed by atoms with Gasteiger partial charge in [-0.1, -0.05) is 20.8 Å². The van der Waals surface area contributed by atoms with E-state index in [1.54, 1.807) is 6.92 Å². The number of amides is 1. The van der Waals surface area contributed by atoms with Crippen LogP contribution in [0.5, 0.6) is 0 Å². The average Bonchev–Trinajstić information content (AvgIpc) is 3.77. The predicted molar refractivity (Wildman–Crippen MR) is 193 cm³/mol. The number of ketones is 1. The quantitative estimate of drug-likeness (QED) is 0.204. The van der Waals surface area contributed by atoms with Crippen LogP contribution in [0.2, 0.25) is 0 Å². The lowest BCUT2D eigenvalue weighted by atomic mass is 9.84. The summed E-state index contributed by atoms with van der Waals surface area (Å²) in [7, 11) is 2.69. The van der Waals surface area contributed by atoms with Crippen LogP contribution < -0.4 is 16.4 Å². The Hall–Kier alpha value is -4.58. The molecule has 0 aromatic carbocycles. The fourth-order valence-corrected chi connectivity index (χ4v) is 7.89. The molecule has 12 heteroatoms. The van der Waals surface area contributed by atoms with E-state index in [1.165, 1.54) is 14.2 Å². The number of ether oxygens (including phenoxy) is 2. The molecule has 0 aliphatic carbocycles. The van der Waals surface area contributed by atoms with Gasteiger partial charge < -0.3 is 30.8 Å². The number of methoxy groups -OCH3 is 2. The fraction of sp³-hybridized carbons (Fsp3) is 0.526. The molecule has 1 aromatic rings. The molecule has 1 amide bonds. The van der Waals surface area contributed by atoms with E-state index in [-0.39, 0.29) is 67.3 Å². The van der Waals surface area contributed by atoms with Crippen molar-refractivity contribution in [2.45, 2.75) is 79.7 Å². The van der Waals surface area contributed by atoms with Gasteiger partial charge in [-0.15, -0.1) is 0 Å². The molecule has 12 nitrogen and oxygen atoms in total. The number of nitrogens with one attached hydrogen (secondary N) is 3. The van der Waals surface area contributed by atoms with Crippen molar-refractivity contribution in [1.29, 1.82) is 0 Å². The van der Waals surface area contributed by atoms with E-state index in [1.807, 2.05) is 26.0 Å². The molecule has 5 heterocycles. The number of esters is 2. The highest BCUT2D eigenvalue weighted by atomic mass is 16.5. The zero-order valence-corrected chi connectivity index (χ0v) is 30.4. The predicted octanol–water partition coefficient (Wildman–Crippen LogP) is 4.57. The number of carbonyl (C=O) groups excluding carboxylic acids is 4. The van der Waals surface area contributed by atoms with Crippen LogP contribution in [0.4, 0.5) is 0 Å². The highest BCUT2D eigenvalue weighted by Crippen LogP contribution is 2.43. The summed E-state index contributed by atoms with van der Waals surface area (Å²) in [5.74, 6) is -1.37. The Morgan fingerprint density at radius 3 is 2.38 bits per heavy atom. The number of Topliss-reactive ketones (excluding diaryl/α,β-unsaturated/α-hetero) is 1. The van der Waals surface area contributed by atoms with Crippen LogP contribution in [0.3, 0.4) is 0 Å². The van der Waals surface area contributed by atoms with Gasteiger partial charge >= 0.3 is 11.9 Å². The Morgan fingerprint density at radius 2 is 1.74 bits per heavy atom. The first-order chi connectivity index (χ1) is 23.8. The van der Waals surface area contributed by atoms with Crippen molar-refractivity contribution < 1.29 is 28.7 Å². The van der Waals surface area contributed by atoms with Crippen LogP contribution in [-0.4, -0.2) is 73.4 Å². The lowest BCUT2D eigenvalue weighted by Crippen LogP contribution is -2.33. The van der Waals surface area contributed by atoms with Gasteiger partial charge in [0.15, 0.2) is 5.78 Å². The Balaban J connectivity index is 1.82. The number of rotatable bonds is 10. The van der Waals surface area contributed by atoms with Crippen molar-refractivity contribution in [3.63, 3.8) is 0 Å². The summed E-state index contributed by atoms with van der Waals surface area (Å²) >= 11 is 0. The normalized spacial score (nSPS) is 27.8. The van der Waals surface area contributed by atoms with Crippen molar-refractivity contribution in [3.05, 3.63) is 56.3 Å². The number of aromatic nitrogens is 1. The van der Waals surface area contributed by atoms with Crippen LogP contribution in [0, 0.1) is 30.6 Å². The maximum Gasteiger partial charge on any atom is 0.310 e. The average molecular weight is 687 g/mol. The molecule has 0 radical (unpaired) electrons. The van der Waals surface area contributed by atoms with Crippen molar-refractivity contribution in [2.75, 3.05) is 27.3 Å². The number of allylic oxidation sites excluding steroid dienone is 3. The highest BCUT2D eigenvalue weighted by Gasteiger charge is 2.41. The van der Waals surface area contributed by atoms with Gasteiger partial charge in [-0.2, -0.15) is 0 Å². The van der Waals surface area contributed by atoms with E-state index < -0.39 is 12.0 Å². The lowest BCUT2D eigenvalue weighted by molar-refractivity contribution is -0.141. The Morgan fingerprint density at radius 1 is 1.02 bits per heavy atom. The standard InChI is InChI=1S/C38H50N6O6/c1-9-23-18(2)26-17-31-34(22(6)45)20(4)28(42-31)15-27-19(3)24(10-11-32(46)49-7)36(43-27)25(14-33(47)50-8)37-35(38(48)40-13-12-39)21(5)29(44-37)16-30(23)41-26/h15,17-19,23-24,29,42-43H,9-14,16,39H2,1-8H3,(H,40,48)/b26-17-,27-15-,36-25-/t18-,19+,23-,24+,29?/m1/s1. The lowest BCUT2D eigenvalue weighted by Gasteiger charge is -2.20. The van der Waals surface area contributed by atoms with Crippen LogP contribution in [-0.2, 0) is 23.9 Å². The van der Waals surface area contributed by atoms with Crippen LogP contribution >= 0.6 is 0 Å². The van der Waals surface area contributed by atoms with Crippen molar-refractivity contribution in [3.8, 4) is 0 Å². The number of hydrogen-bond donors (Lipinski definition) is 4. The molecular weight excluding hydrogens is 636 g/mol. The van der Waals surface area contributed by atoms with Crippen molar-refractivity contribution >= 4 is 47.2 Å². The van der Waals surface area contributed by atoms with Crippen molar-refractivity contribution in [2.24, 2.45) is 39.4 Å². The summed E-state index contributed by atoms with van der Waals surface area (Å²) in [5.41, 5.74) is 14.2. The second-order valence-electron chi connectivity index (χ2n) is 13.7. The van der Waals surface area contributed by atoms with Gasteiger partial charge in [-0.05, 0) is 56.9 Å². The Bertz CT molecular complexity index is 1790. The second-order valence-corrected chi connectivity index (χ2v) is 13.7. The molecule has 0 spiro atoms. The molecule has 50 heavy (non-hydrogen) atoms. The first-order valence-electron chi connectivity index (χ1n) is 17.5. The number of carbonyl (C=O) groups is 4. The molecule has 0 saturated carbocycles. The number of aromatic amines is 1. The van der Waals surface area contributed by atoms with Crippen LogP contribution in [0.15, 0.2) is 43.8 Å². The summed E-state index contributed by atoms with van der Waals surface area (Å²) < 4.78 is 10.2. The second kappa shape index (κ2) is 15.1. The zero-order chi connectivity index (χ0) is 36.4. The molecule has 5 N–H and O–H groups in total. The Labute approximate surface area is 293 Å². The van der Waals surface area contributed by atoms with Gasteiger partial charge in [-0.25, -0.2) is 0 Å². The monoisotopic (exact) mass is 686 g/mol. The molecule has 1 unspecified atom stereocenters. The van der Waals surface area contributed by atoms with Crippen LogP contribution in [0.1, 0.15) is 94.0 Å². The molecule has 5 atom stereocenters. The molecule has 268 valence electrons.